The van der Waals surface area contributed by atoms with Crippen molar-refractivity contribution in [2.24, 2.45) is 4.40 Å². The van der Waals surface area contributed by atoms with E-state index in [4.69, 9.17) is 9.47 Å². The molecule has 1 fully saturated rings. The lowest BCUT2D eigenvalue weighted by Gasteiger charge is -2.34. The SMILES string of the molecule is COc1ccc([C@@H]2NS(=O)(=O)N=C3CCCN32)c(OC)c1. The molecule has 2 heterocycles. The molecule has 0 amide bonds. The van der Waals surface area contributed by atoms with Gasteiger partial charge < -0.3 is 14.4 Å². The summed E-state index contributed by atoms with van der Waals surface area (Å²) in [5, 5.41) is 0. The van der Waals surface area contributed by atoms with Crippen LogP contribution in [0.3, 0.4) is 0 Å². The van der Waals surface area contributed by atoms with Gasteiger partial charge in [-0.2, -0.15) is 13.1 Å². The Labute approximate surface area is 123 Å². The zero-order valence-electron chi connectivity index (χ0n) is 11.9. The Morgan fingerprint density at radius 2 is 2.14 bits per heavy atom. The van der Waals surface area contributed by atoms with E-state index in [1.165, 1.54) is 0 Å². The second-order valence-electron chi connectivity index (χ2n) is 4.91. The highest BCUT2D eigenvalue weighted by Crippen LogP contribution is 2.35. The lowest BCUT2D eigenvalue weighted by Crippen LogP contribution is -2.46. The van der Waals surface area contributed by atoms with Crippen LogP contribution in [0.4, 0.5) is 0 Å². The number of rotatable bonds is 3. The lowest BCUT2D eigenvalue weighted by molar-refractivity contribution is 0.302. The van der Waals surface area contributed by atoms with Gasteiger partial charge in [0.05, 0.1) is 14.2 Å². The number of fused-ring (bicyclic) bond motifs is 1. The van der Waals surface area contributed by atoms with E-state index in [1.54, 1.807) is 26.4 Å². The molecule has 3 rings (SSSR count). The molecule has 0 bridgehead atoms. The van der Waals surface area contributed by atoms with Gasteiger partial charge in [0, 0.05) is 24.6 Å². The number of nitrogens with zero attached hydrogens (tertiary/aromatic N) is 2. The molecule has 0 aromatic heterocycles. The maximum Gasteiger partial charge on any atom is 0.323 e. The van der Waals surface area contributed by atoms with Crippen LogP contribution < -0.4 is 14.2 Å². The van der Waals surface area contributed by atoms with Crippen molar-refractivity contribution in [3.63, 3.8) is 0 Å². The number of hydrogen-bond donors (Lipinski definition) is 1. The number of hydrogen-bond acceptors (Lipinski definition) is 5. The topological polar surface area (TPSA) is 80.2 Å². The molecule has 114 valence electrons. The summed E-state index contributed by atoms with van der Waals surface area (Å²) in [6.07, 6.45) is 1.08. The van der Waals surface area contributed by atoms with E-state index >= 15 is 0 Å². The molecule has 2 aliphatic heterocycles. The lowest BCUT2D eigenvalue weighted by atomic mass is 10.1. The first kappa shape index (κ1) is 14.2. The summed E-state index contributed by atoms with van der Waals surface area (Å²) in [6.45, 7) is 0.765. The molecular formula is C13H17N3O4S. The highest BCUT2D eigenvalue weighted by Gasteiger charge is 2.37. The molecule has 1 saturated heterocycles. The minimum Gasteiger partial charge on any atom is -0.497 e. The Bertz CT molecular complexity index is 687. The molecule has 0 unspecified atom stereocenters. The van der Waals surface area contributed by atoms with Crippen molar-refractivity contribution in [2.75, 3.05) is 20.8 Å². The maximum absolute atomic E-state index is 11.9. The van der Waals surface area contributed by atoms with Crippen LogP contribution >= 0.6 is 0 Å². The second-order valence-corrected chi connectivity index (χ2v) is 6.28. The number of methoxy groups -OCH3 is 2. The van der Waals surface area contributed by atoms with Crippen molar-refractivity contribution >= 4 is 16.0 Å². The third kappa shape index (κ3) is 2.56. The molecule has 7 nitrogen and oxygen atoms in total. The Kier molecular flexibility index (Phi) is 3.50. The third-order valence-corrected chi connectivity index (χ3v) is 4.64. The van der Waals surface area contributed by atoms with E-state index in [-0.39, 0.29) is 0 Å². The zero-order chi connectivity index (χ0) is 15.0. The fraction of sp³-hybridized carbons (Fsp3) is 0.462. The summed E-state index contributed by atoms with van der Waals surface area (Å²) < 4.78 is 40.7. The Morgan fingerprint density at radius 3 is 2.86 bits per heavy atom. The first-order valence-corrected chi connectivity index (χ1v) is 8.08. The van der Waals surface area contributed by atoms with Crippen molar-refractivity contribution in [3.8, 4) is 11.5 Å². The molecule has 0 saturated carbocycles. The quantitative estimate of drug-likeness (QED) is 0.902. The number of amidine groups is 1. The molecule has 1 N–H and O–H groups in total. The van der Waals surface area contributed by atoms with Gasteiger partial charge in [0.15, 0.2) is 0 Å². The van der Waals surface area contributed by atoms with Gasteiger partial charge in [0.25, 0.3) is 0 Å². The number of benzene rings is 1. The molecule has 21 heavy (non-hydrogen) atoms. The highest BCUT2D eigenvalue weighted by atomic mass is 32.2. The maximum atomic E-state index is 11.9. The smallest absolute Gasteiger partial charge is 0.323 e. The van der Waals surface area contributed by atoms with E-state index in [0.717, 1.165) is 18.5 Å². The Hall–Kier alpha value is -1.80. The van der Waals surface area contributed by atoms with E-state index in [1.807, 2.05) is 11.0 Å². The van der Waals surface area contributed by atoms with Crippen molar-refractivity contribution in [3.05, 3.63) is 23.8 Å². The van der Waals surface area contributed by atoms with E-state index < -0.39 is 16.4 Å². The van der Waals surface area contributed by atoms with Crippen LogP contribution in [-0.2, 0) is 10.2 Å². The van der Waals surface area contributed by atoms with Crippen LogP contribution in [-0.4, -0.2) is 39.9 Å². The summed E-state index contributed by atoms with van der Waals surface area (Å²) in [4.78, 5) is 1.96. The van der Waals surface area contributed by atoms with Gasteiger partial charge in [0.2, 0.25) is 0 Å². The van der Waals surface area contributed by atoms with Gasteiger partial charge in [0.1, 0.15) is 23.5 Å². The van der Waals surface area contributed by atoms with Gasteiger partial charge >= 0.3 is 10.2 Å². The van der Waals surface area contributed by atoms with Crippen molar-refractivity contribution in [2.45, 2.75) is 19.0 Å². The van der Waals surface area contributed by atoms with E-state index in [0.29, 0.717) is 23.8 Å². The third-order valence-electron chi connectivity index (χ3n) is 3.66. The molecule has 0 spiro atoms. The minimum absolute atomic E-state index is 0.495. The Morgan fingerprint density at radius 1 is 1.33 bits per heavy atom. The number of nitrogens with one attached hydrogen (secondary N) is 1. The molecule has 1 aromatic carbocycles. The molecule has 0 radical (unpaired) electrons. The summed E-state index contributed by atoms with van der Waals surface area (Å²) in [5.41, 5.74) is 0.746. The average Bonchev–Trinajstić information content (AvgIpc) is 2.92. The normalized spacial score (nSPS) is 23.4. The predicted molar refractivity (Wildman–Crippen MR) is 77.7 cm³/mol. The molecule has 0 aliphatic carbocycles. The summed E-state index contributed by atoms with van der Waals surface area (Å²) >= 11 is 0. The summed E-state index contributed by atoms with van der Waals surface area (Å²) in [7, 11) is -0.543. The predicted octanol–water partition coefficient (Wildman–Crippen LogP) is 1.04. The van der Waals surface area contributed by atoms with Crippen LogP contribution in [0.2, 0.25) is 0 Å². The fourth-order valence-electron chi connectivity index (χ4n) is 2.70. The van der Waals surface area contributed by atoms with Crippen LogP contribution in [0.25, 0.3) is 0 Å². The standard InChI is InChI=1S/C13H17N3O4S/c1-19-9-5-6-10(11(8-9)20-2)13-15-21(17,18)14-12-4-3-7-16(12)13/h5-6,8,13,15H,3-4,7H2,1-2H3/t13-/m1/s1. The van der Waals surface area contributed by atoms with Crippen molar-refractivity contribution in [1.82, 2.24) is 9.62 Å². The van der Waals surface area contributed by atoms with Crippen LogP contribution in [0.15, 0.2) is 22.6 Å². The van der Waals surface area contributed by atoms with Gasteiger partial charge in [-0.3, -0.25) is 0 Å². The first-order chi connectivity index (χ1) is 10.0. The zero-order valence-corrected chi connectivity index (χ0v) is 12.7. The minimum atomic E-state index is -3.67. The van der Waals surface area contributed by atoms with E-state index in [2.05, 4.69) is 9.12 Å². The molecule has 2 aliphatic rings. The van der Waals surface area contributed by atoms with Crippen LogP contribution in [0.5, 0.6) is 11.5 Å². The molecule has 1 aromatic rings. The Balaban J connectivity index is 2.05. The summed E-state index contributed by atoms with van der Waals surface area (Å²) in [5.74, 6) is 1.84. The van der Waals surface area contributed by atoms with Gasteiger partial charge in [-0.25, -0.2) is 0 Å². The van der Waals surface area contributed by atoms with E-state index in [9.17, 15) is 8.42 Å². The second kappa shape index (κ2) is 5.19. The number of ether oxygens (including phenoxy) is 2. The average molecular weight is 311 g/mol. The van der Waals surface area contributed by atoms with Gasteiger partial charge in [-0.05, 0) is 18.6 Å². The van der Waals surface area contributed by atoms with Gasteiger partial charge in [-0.1, -0.05) is 0 Å². The summed E-state index contributed by atoms with van der Waals surface area (Å²) in [6, 6.07) is 5.34. The van der Waals surface area contributed by atoms with Crippen LogP contribution in [0.1, 0.15) is 24.6 Å². The molecular weight excluding hydrogens is 294 g/mol. The van der Waals surface area contributed by atoms with Gasteiger partial charge in [-0.15, -0.1) is 4.40 Å². The van der Waals surface area contributed by atoms with Crippen molar-refractivity contribution < 1.29 is 17.9 Å². The monoisotopic (exact) mass is 311 g/mol. The van der Waals surface area contributed by atoms with Crippen LogP contribution in [0, 0.1) is 0 Å². The highest BCUT2D eigenvalue weighted by molar-refractivity contribution is 7.88. The fourth-order valence-corrected chi connectivity index (χ4v) is 3.76. The molecule has 1 atom stereocenters. The first-order valence-electron chi connectivity index (χ1n) is 6.64. The largest absolute Gasteiger partial charge is 0.497 e. The van der Waals surface area contributed by atoms with Crippen molar-refractivity contribution in [1.29, 1.82) is 0 Å². The molecule has 8 heteroatoms.